The third kappa shape index (κ3) is 23.5. The fourth-order valence-electron chi connectivity index (χ4n) is 6.35. The lowest BCUT2D eigenvalue weighted by atomic mass is 9.82. The Labute approximate surface area is 273 Å². The number of unbranched alkanes of at least 4 members (excludes halogenated alkanes) is 28. The number of ketones is 2. The number of rotatable bonds is 36. The Balaban J connectivity index is 3.91. The largest absolute Gasteiger partial charge is 0.394 e. The Hall–Kier alpha value is -0.780. The highest BCUT2D eigenvalue weighted by molar-refractivity contribution is 6.10. The minimum Gasteiger partial charge on any atom is -0.394 e. The van der Waals surface area contributed by atoms with Crippen LogP contribution in [0.3, 0.4) is 0 Å². The van der Waals surface area contributed by atoms with Crippen molar-refractivity contribution >= 4 is 11.6 Å². The van der Waals surface area contributed by atoms with E-state index in [4.69, 9.17) is 0 Å². The molecule has 0 aliphatic heterocycles. The zero-order valence-electron chi connectivity index (χ0n) is 29.6. The molecule has 5 nitrogen and oxygen atoms in total. The van der Waals surface area contributed by atoms with Crippen molar-refractivity contribution in [3.63, 3.8) is 0 Å². The highest BCUT2D eigenvalue weighted by Crippen LogP contribution is 2.22. The van der Waals surface area contributed by atoms with E-state index >= 15 is 0 Å². The summed E-state index contributed by atoms with van der Waals surface area (Å²) in [5.41, 5.74) is -2.47. The molecule has 5 heteroatoms. The number of carbonyl (C=O) groups excluding carboxylic acids is 2. The Morgan fingerprint density at radius 3 is 0.841 bits per heavy atom. The smallest absolute Gasteiger partial charge is 0.209 e. The van der Waals surface area contributed by atoms with Crippen LogP contribution in [0, 0.1) is 0 Å². The van der Waals surface area contributed by atoms with Gasteiger partial charge in [-0.3, -0.25) is 9.59 Å². The lowest BCUT2D eigenvalue weighted by molar-refractivity contribution is -0.166. The highest BCUT2D eigenvalue weighted by atomic mass is 16.4. The number of carbonyl (C=O) groups is 2. The zero-order valence-corrected chi connectivity index (χ0v) is 29.6. The lowest BCUT2D eigenvalue weighted by Gasteiger charge is -2.29. The normalized spacial score (nSPS) is 12.6. The van der Waals surface area contributed by atoms with Gasteiger partial charge in [0.2, 0.25) is 5.60 Å². The average molecular weight is 625 g/mol. The second-order valence-corrected chi connectivity index (χ2v) is 13.7. The van der Waals surface area contributed by atoms with Gasteiger partial charge in [-0.2, -0.15) is 0 Å². The molecule has 0 heterocycles. The fraction of sp³-hybridized carbons (Fsp3) is 0.949. The molecule has 44 heavy (non-hydrogen) atoms. The molecule has 1 atom stereocenters. The first-order chi connectivity index (χ1) is 21.4. The van der Waals surface area contributed by atoms with E-state index in [1.165, 1.54) is 141 Å². The molecular weight excluding hydrogens is 548 g/mol. The summed E-state index contributed by atoms with van der Waals surface area (Å²) in [7, 11) is 0. The van der Waals surface area contributed by atoms with E-state index < -0.39 is 29.9 Å². The topological polar surface area (TPSA) is 94.8 Å². The van der Waals surface area contributed by atoms with Crippen LogP contribution < -0.4 is 0 Å². The first-order valence-electron chi connectivity index (χ1n) is 19.5. The van der Waals surface area contributed by atoms with Crippen LogP contribution in [0.2, 0.25) is 0 Å². The van der Waals surface area contributed by atoms with E-state index in [1.54, 1.807) is 0 Å². The highest BCUT2D eigenvalue weighted by Gasteiger charge is 2.48. The molecule has 0 bridgehead atoms. The van der Waals surface area contributed by atoms with Gasteiger partial charge in [-0.05, 0) is 12.8 Å². The van der Waals surface area contributed by atoms with Crippen molar-refractivity contribution in [3.05, 3.63) is 0 Å². The van der Waals surface area contributed by atoms with Crippen molar-refractivity contribution in [1.82, 2.24) is 0 Å². The van der Waals surface area contributed by atoms with Crippen LogP contribution in [0.15, 0.2) is 0 Å². The molecule has 0 saturated heterocycles. The molecule has 0 amide bonds. The molecule has 0 saturated carbocycles. The molecule has 0 radical (unpaired) electrons. The third-order valence-corrected chi connectivity index (χ3v) is 9.52. The molecule has 3 N–H and O–H groups in total. The first kappa shape index (κ1) is 43.2. The van der Waals surface area contributed by atoms with Crippen molar-refractivity contribution < 1.29 is 24.9 Å². The van der Waals surface area contributed by atoms with Gasteiger partial charge in [-0.15, -0.1) is 0 Å². The van der Waals surface area contributed by atoms with Crippen molar-refractivity contribution in [2.45, 2.75) is 231 Å². The molecule has 0 aromatic rings. The summed E-state index contributed by atoms with van der Waals surface area (Å²) in [5.74, 6) is -1.28. The summed E-state index contributed by atoms with van der Waals surface area (Å²) in [6.45, 7) is 3.72. The van der Waals surface area contributed by atoms with Gasteiger partial charge in [0, 0.05) is 12.8 Å². The van der Waals surface area contributed by atoms with Crippen LogP contribution in [0.1, 0.15) is 219 Å². The van der Waals surface area contributed by atoms with Crippen molar-refractivity contribution in [3.8, 4) is 0 Å². The van der Waals surface area contributed by atoms with E-state index in [-0.39, 0.29) is 12.8 Å². The maximum atomic E-state index is 12.9. The van der Waals surface area contributed by atoms with Crippen LogP contribution in [-0.4, -0.2) is 45.2 Å². The molecule has 0 aliphatic carbocycles. The molecule has 0 aliphatic rings. The standard InChI is InChI=1S/C39H76O5/c1-3-5-7-9-11-13-15-17-19-21-23-25-27-29-31-33-36(41)39(44,38(43)35-40)37(42)34-32-30-28-26-24-22-20-18-16-14-12-10-8-6-4-2/h38,40,43-44H,3-35H2,1-2H3/t38-/m1/s1. The first-order valence-corrected chi connectivity index (χ1v) is 19.5. The fourth-order valence-corrected chi connectivity index (χ4v) is 6.35. The number of hydrogen-bond donors (Lipinski definition) is 3. The van der Waals surface area contributed by atoms with Crippen molar-refractivity contribution in [1.29, 1.82) is 0 Å². The van der Waals surface area contributed by atoms with E-state index in [9.17, 15) is 24.9 Å². The van der Waals surface area contributed by atoms with Gasteiger partial charge in [0.25, 0.3) is 0 Å². The predicted octanol–water partition coefficient (Wildman–Crippen LogP) is 10.7. The molecular formula is C39H76O5. The Morgan fingerprint density at radius 1 is 0.432 bits per heavy atom. The zero-order chi connectivity index (χ0) is 32.6. The van der Waals surface area contributed by atoms with Crippen LogP contribution >= 0.6 is 0 Å². The third-order valence-electron chi connectivity index (χ3n) is 9.52. The van der Waals surface area contributed by atoms with Crippen LogP contribution in [0.4, 0.5) is 0 Å². The van der Waals surface area contributed by atoms with E-state index in [2.05, 4.69) is 13.8 Å². The Morgan fingerprint density at radius 2 is 0.636 bits per heavy atom. The second-order valence-electron chi connectivity index (χ2n) is 13.7. The van der Waals surface area contributed by atoms with E-state index in [0.29, 0.717) is 12.8 Å². The number of aliphatic hydroxyl groups excluding tert-OH is 2. The van der Waals surface area contributed by atoms with E-state index in [1.807, 2.05) is 0 Å². The summed E-state index contributed by atoms with van der Waals surface area (Å²) in [5, 5.41) is 30.6. The van der Waals surface area contributed by atoms with Gasteiger partial charge < -0.3 is 15.3 Å². The van der Waals surface area contributed by atoms with Crippen LogP contribution in [0.25, 0.3) is 0 Å². The second kappa shape index (κ2) is 32.2. The molecule has 0 aromatic heterocycles. The Kier molecular flexibility index (Phi) is 31.6. The van der Waals surface area contributed by atoms with E-state index in [0.717, 1.165) is 38.5 Å². The monoisotopic (exact) mass is 625 g/mol. The minimum absolute atomic E-state index is 0.0659. The molecule has 0 aromatic carbocycles. The van der Waals surface area contributed by atoms with Gasteiger partial charge in [0.05, 0.1) is 6.61 Å². The molecule has 0 spiro atoms. The summed E-state index contributed by atoms with van der Waals surface area (Å²) >= 11 is 0. The number of hydrogen-bond acceptors (Lipinski definition) is 5. The van der Waals surface area contributed by atoms with Crippen LogP contribution in [-0.2, 0) is 9.59 Å². The lowest BCUT2D eigenvalue weighted by Crippen LogP contribution is -2.57. The maximum absolute atomic E-state index is 12.9. The van der Waals surface area contributed by atoms with Gasteiger partial charge in [-0.1, -0.05) is 194 Å². The number of aliphatic hydroxyl groups is 3. The Bertz CT molecular complexity index is 588. The molecule has 262 valence electrons. The summed E-state index contributed by atoms with van der Waals surface area (Å²) < 4.78 is 0. The van der Waals surface area contributed by atoms with Gasteiger partial charge in [0.1, 0.15) is 6.10 Å². The van der Waals surface area contributed by atoms with Crippen LogP contribution in [0.5, 0.6) is 0 Å². The molecule has 0 rings (SSSR count). The maximum Gasteiger partial charge on any atom is 0.209 e. The van der Waals surface area contributed by atoms with Gasteiger partial charge in [-0.25, -0.2) is 0 Å². The van der Waals surface area contributed by atoms with Crippen molar-refractivity contribution in [2.75, 3.05) is 6.61 Å². The molecule has 0 unspecified atom stereocenters. The minimum atomic E-state index is -2.47. The van der Waals surface area contributed by atoms with Gasteiger partial charge in [0.15, 0.2) is 11.6 Å². The van der Waals surface area contributed by atoms with Crippen molar-refractivity contribution in [2.24, 2.45) is 0 Å². The summed E-state index contributed by atoms with van der Waals surface area (Å²) in [6.07, 6.45) is 35.1. The predicted molar refractivity (Wildman–Crippen MR) is 187 cm³/mol. The molecule has 0 fully saturated rings. The quantitative estimate of drug-likeness (QED) is 0.0476. The summed E-state index contributed by atoms with van der Waals surface area (Å²) in [4.78, 5) is 25.7. The number of Topliss-reactive ketones (excluding diaryl/α,β-unsaturated/α-hetero) is 2. The summed E-state index contributed by atoms with van der Waals surface area (Å²) in [6, 6.07) is 0. The average Bonchev–Trinajstić information content (AvgIpc) is 3.03. The SMILES string of the molecule is CCCCCCCCCCCCCCCCCC(=O)C(O)(C(=O)CCCCCCCCCCCCCCCCC)[C@H](O)CO. The van der Waals surface area contributed by atoms with Gasteiger partial charge >= 0.3 is 0 Å².